The number of ether oxygens (including phenoxy) is 1. The summed E-state index contributed by atoms with van der Waals surface area (Å²) in [6.07, 6.45) is 3.14. The van der Waals surface area contributed by atoms with Crippen molar-refractivity contribution in [3.8, 4) is 17.4 Å². The molecule has 0 aliphatic rings. The maximum atomic E-state index is 6.28. The number of nitrogen functional groups attached to an aromatic ring is 1. The van der Waals surface area contributed by atoms with Gasteiger partial charge in [-0.3, -0.25) is 4.57 Å². The number of aryl methyl sites for hydroxylation is 2. The Bertz CT molecular complexity index is 1070. The number of hydrogen-bond donors (Lipinski definition) is 1. The lowest BCUT2D eigenvalue weighted by Crippen LogP contribution is -2.05. The lowest BCUT2D eigenvalue weighted by molar-refractivity contribution is 0.463. The first-order chi connectivity index (χ1) is 12.1. The number of nitrogens with zero attached hydrogens (tertiary/aromatic N) is 4. The molecule has 0 aliphatic heterocycles. The highest BCUT2D eigenvalue weighted by Gasteiger charge is 2.14. The second-order valence-corrected chi connectivity index (χ2v) is 5.87. The van der Waals surface area contributed by atoms with Gasteiger partial charge in [-0.05, 0) is 49.2 Å². The number of rotatable bonds is 3. The van der Waals surface area contributed by atoms with Gasteiger partial charge < -0.3 is 10.5 Å². The maximum Gasteiger partial charge on any atom is 0.248 e. The molecule has 0 bridgehead atoms. The second-order valence-electron chi connectivity index (χ2n) is 5.87. The van der Waals surface area contributed by atoms with Crippen molar-refractivity contribution in [2.24, 2.45) is 0 Å². The lowest BCUT2D eigenvalue weighted by Gasteiger charge is -2.12. The van der Waals surface area contributed by atoms with Crippen molar-refractivity contribution in [1.82, 2.24) is 19.5 Å². The van der Waals surface area contributed by atoms with Gasteiger partial charge >= 0.3 is 0 Å². The molecule has 6 heteroatoms. The molecular weight excluding hydrogens is 314 g/mol. The zero-order valence-corrected chi connectivity index (χ0v) is 14.0. The molecule has 0 radical (unpaired) electrons. The second kappa shape index (κ2) is 5.90. The molecule has 0 aliphatic carbocycles. The summed E-state index contributed by atoms with van der Waals surface area (Å²) in [6.45, 7) is 4.09. The van der Waals surface area contributed by atoms with E-state index in [2.05, 4.69) is 21.9 Å². The Kier molecular flexibility index (Phi) is 3.57. The van der Waals surface area contributed by atoms with Gasteiger partial charge in [-0.25, -0.2) is 9.97 Å². The molecule has 4 aromatic rings. The molecule has 6 nitrogen and oxygen atoms in total. The van der Waals surface area contributed by atoms with E-state index in [9.17, 15) is 0 Å². The predicted molar refractivity (Wildman–Crippen MR) is 97.1 cm³/mol. The summed E-state index contributed by atoms with van der Waals surface area (Å²) < 4.78 is 7.72. The summed E-state index contributed by atoms with van der Waals surface area (Å²) in [5.74, 6) is 1.56. The zero-order chi connectivity index (χ0) is 17.4. The van der Waals surface area contributed by atoms with Gasteiger partial charge in [0, 0.05) is 0 Å². The minimum absolute atomic E-state index is 0.325. The molecule has 2 heterocycles. The molecule has 0 fully saturated rings. The fraction of sp³-hybridized carbons (Fsp3) is 0.105. The summed E-state index contributed by atoms with van der Waals surface area (Å²) in [7, 11) is 0. The van der Waals surface area contributed by atoms with Crippen LogP contribution in [0.3, 0.4) is 0 Å². The van der Waals surface area contributed by atoms with Crippen LogP contribution in [0.1, 0.15) is 11.1 Å². The van der Waals surface area contributed by atoms with Crippen LogP contribution in [-0.4, -0.2) is 19.5 Å². The highest BCUT2D eigenvalue weighted by molar-refractivity contribution is 5.78. The van der Waals surface area contributed by atoms with Crippen LogP contribution in [0, 0.1) is 13.8 Å². The Labute approximate surface area is 144 Å². The molecule has 25 heavy (non-hydrogen) atoms. The summed E-state index contributed by atoms with van der Waals surface area (Å²) in [4.78, 5) is 12.9. The maximum absolute atomic E-state index is 6.28. The molecule has 0 unspecified atom stereocenters. The first-order valence-electron chi connectivity index (χ1n) is 7.91. The number of para-hydroxylation sites is 2. The zero-order valence-electron chi connectivity index (χ0n) is 14.0. The third-order valence-electron chi connectivity index (χ3n) is 4.20. The van der Waals surface area contributed by atoms with E-state index in [0.717, 1.165) is 16.6 Å². The van der Waals surface area contributed by atoms with Gasteiger partial charge in [-0.1, -0.05) is 18.2 Å². The summed E-state index contributed by atoms with van der Waals surface area (Å²) in [5, 5.41) is 0. The van der Waals surface area contributed by atoms with E-state index in [4.69, 9.17) is 10.5 Å². The van der Waals surface area contributed by atoms with E-state index >= 15 is 0 Å². The number of nitrogens with two attached hydrogens (primary N) is 1. The number of benzene rings is 2. The monoisotopic (exact) mass is 331 g/mol. The molecule has 0 saturated heterocycles. The van der Waals surface area contributed by atoms with Crippen LogP contribution in [-0.2, 0) is 0 Å². The highest BCUT2D eigenvalue weighted by atomic mass is 16.5. The molecule has 0 amide bonds. The van der Waals surface area contributed by atoms with Crippen LogP contribution >= 0.6 is 0 Å². The van der Waals surface area contributed by atoms with Crippen molar-refractivity contribution in [2.45, 2.75) is 13.8 Å². The van der Waals surface area contributed by atoms with E-state index < -0.39 is 0 Å². The van der Waals surface area contributed by atoms with Crippen molar-refractivity contribution >= 4 is 16.7 Å². The molecule has 4 rings (SSSR count). The van der Waals surface area contributed by atoms with Crippen molar-refractivity contribution < 1.29 is 4.74 Å². The van der Waals surface area contributed by atoms with Crippen LogP contribution in [0.2, 0.25) is 0 Å². The topological polar surface area (TPSA) is 78.9 Å². The van der Waals surface area contributed by atoms with Gasteiger partial charge in [0.15, 0.2) is 5.82 Å². The van der Waals surface area contributed by atoms with Gasteiger partial charge in [0.25, 0.3) is 0 Å². The molecular formula is C19H17N5O. The van der Waals surface area contributed by atoms with Crippen LogP contribution in [0.4, 0.5) is 5.69 Å². The largest absolute Gasteiger partial charge is 0.437 e. The fourth-order valence-corrected chi connectivity index (χ4v) is 2.66. The summed E-state index contributed by atoms with van der Waals surface area (Å²) >= 11 is 0. The van der Waals surface area contributed by atoms with Crippen LogP contribution in [0.5, 0.6) is 11.6 Å². The molecule has 0 saturated carbocycles. The minimum atomic E-state index is 0.325. The SMILES string of the molecule is Cc1ccc(Oc2ncnc(-n3cnc4ccccc43)c2N)cc1C. The molecule has 0 spiro atoms. The first-order valence-corrected chi connectivity index (χ1v) is 7.91. The smallest absolute Gasteiger partial charge is 0.248 e. The number of imidazole rings is 1. The van der Waals surface area contributed by atoms with E-state index in [0.29, 0.717) is 23.1 Å². The van der Waals surface area contributed by atoms with Crippen LogP contribution < -0.4 is 10.5 Å². The van der Waals surface area contributed by atoms with Crippen LogP contribution in [0.25, 0.3) is 16.9 Å². The fourth-order valence-electron chi connectivity index (χ4n) is 2.66. The Hall–Kier alpha value is -3.41. The normalized spacial score (nSPS) is 11.0. The lowest BCUT2D eigenvalue weighted by atomic mass is 10.1. The predicted octanol–water partition coefficient (Wildman–Crippen LogP) is 3.81. The summed E-state index contributed by atoms with van der Waals surface area (Å²) in [5.41, 5.74) is 10.8. The standard InChI is InChI=1S/C19H17N5O/c1-12-7-8-14(9-13(12)2)25-19-17(20)18(21-10-22-19)24-11-23-15-5-3-4-6-16(15)24/h3-11H,20H2,1-2H3. The van der Waals surface area contributed by atoms with Crippen molar-refractivity contribution in [3.63, 3.8) is 0 Å². The van der Waals surface area contributed by atoms with Crippen LogP contribution in [0.15, 0.2) is 55.1 Å². The molecule has 0 atom stereocenters. The molecule has 124 valence electrons. The Morgan fingerprint density at radius 1 is 0.960 bits per heavy atom. The van der Waals surface area contributed by atoms with E-state index in [1.807, 2.05) is 54.0 Å². The molecule has 2 aromatic carbocycles. The van der Waals surface area contributed by atoms with Gasteiger partial charge in [-0.2, -0.15) is 4.98 Å². The average molecular weight is 331 g/mol. The number of fused-ring (bicyclic) bond motifs is 1. The Morgan fingerprint density at radius 2 is 1.80 bits per heavy atom. The van der Waals surface area contributed by atoms with Crippen molar-refractivity contribution in [2.75, 3.05) is 5.73 Å². The third kappa shape index (κ3) is 2.67. The average Bonchev–Trinajstić information content (AvgIpc) is 3.04. The summed E-state index contributed by atoms with van der Waals surface area (Å²) in [6, 6.07) is 13.7. The van der Waals surface area contributed by atoms with Crippen molar-refractivity contribution in [3.05, 3.63) is 66.2 Å². The highest BCUT2D eigenvalue weighted by Crippen LogP contribution is 2.30. The number of aromatic nitrogens is 4. The van der Waals surface area contributed by atoms with Gasteiger partial charge in [0.2, 0.25) is 5.88 Å². The quantitative estimate of drug-likeness (QED) is 0.617. The van der Waals surface area contributed by atoms with E-state index in [1.54, 1.807) is 6.33 Å². The number of anilines is 1. The van der Waals surface area contributed by atoms with E-state index in [-0.39, 0.29) is 0 Å². The molecule has 2 aromatic heterocycles. The minimum Gasteiger partial charge on any atom is -0.437 e. The number of hydrogen-bond acceptors (Lipinski definition) is 5. The van der Waals surface area contributed by atoms with E-state index in [1.165, 1.54) is 11.9 Å². The van der Waals surface area contributed by atoms with Crippen molar-refractivity contribution in [1.29, 1.82) is 0 Å². The first kappa shape index (κ1) is 15.1. The Balaban J connectivity index is 1.76. The third-order valence-corrected chi connectivity index (χ3v) is 4.20. The molecule has 2 N–H and O–H groups in total. The Morgan fingerprint density at radius 3 is 2.64 bits per heavy atom. The van der Waals surface area contributed by atoms with Gasteiger partial charge in [-0.15, -0.1) is 0 Å². The van der Waals surface area contributed by atoms with Gasteiger partial charge in [0.05, 0.1) is 11.0 Å². The van der Waals surface area contributed by atoms with Gasteiger partial charge in [0.1, 0.15) is 24.1 Å².